The lowest BCUT2D eigenvalue weighted by molar-refractivity contribution is -0.139. The van der Waals surface area contributed by atoms with Crippen LogP contribution in [0.5, 0.6) is 0 Å². The van der Waals surface area contributed by atoms with Crippen molar-refractivity contribution in [1.82, 2.24) is 30.6 Å². The first-order valence-electron chi connectivity index (χ1n) is 13.1. The largest absolute Gasteiger partial charge is 0.480 e. The molecule has 0 spiro atoms. The van der Waals surface area contributed by atoms with Crippen LogP contribution in [0.15, 0.2) is 30.5 Å². The molecule has 0 aliphatic carbocycles. The molecule has 0 bridgehead atoms. The number of benzene rings is 1. The first-order valence-corrected chi connectivity index (χ1v) is 13.1. The maximum Gasteiger partial charge on any atom is 0.326 e. The molecule has 41 heavy (non-hydrogen) atoms. The van der Waals surface area contributed by atoms with Gasteiger partial charge in [-0.05, 0) is 50.1 Å². The summed E-state index contributed by atoms with van der Waals surface area (Å²) in [5.41, 5.74) is 19.2. The lowest BCUT2D eigenvalue weighted by atomic mass is 10.1. The molecule has 2 heterocycles. The summed E-state index contributed by atoms with van der Waals surface area (Å²) in [6.07, 6.45) is 2.89. The van der Waals surface area contributed by atoms with Gasteiger partial charge < -0.3 is 42.6 Å². The number of hydrogen-bond donors (Lipinski definition) is 6. The highest BCUT2D eigenvalue weighted by Crippen LogP contribution is 2.19. The topological polar surface area (TPSA) is 238 Å². The van der Waals surface area contributed by atoms with Crippen molar-refractivity contribution in [3.63, 3.8) is 0 Å². The molecule has 9 N–H and O–H groups in total. The number of aromatic nitrogens is 4. The highest BCUT2D eigenvalue weighted by atomic mass is 16.5. The fourth-order valence-electron chi connectivity index (χ4n) is 3.81. The van der Waals surface area contributed by atoms with Crippen LogP contribution in [0.2, 0.25) is 0 Å². The number of amides is 2. The summed E-state index contributed by atoms with van der Waals surface area (Å²) in [7, 11) is 1.84. The molecule has 1 atom stereocenters. The fourth-order valence-corrected chi connectivity index (χ4v) is 3.81. The number of anilines is 3. The standard InChI is InChI=1S/C26H36N10O5/c1-36(15-17-14-31-23-21(32-17)22(28)34-26(29)35-23)18-6-4-16(5-7-18)24(38)33-19(25(39)40)8-9-20(37)30-11-3-13-41-12-2-10-27/h4-7,14,19H,2-3,8-13,15,27H2,1H3,(H,30,37)(H,33,38)(H,39,40)(H4,28,29,31,34,35). The summed E-state index contributed by atoms with van der Waals surface area (Å²) in [4.78, 5) is 55.0. The maximum atomic E-state index is 12.7. The van der Waals surface area contributed by atoms with Crippen LogP contribution in [-0.4, -0.2) is 82.2 Å². The Labute approximate surface area is 236 Å². The van der Waals surface area contributed by atoms with Gasteiger partial charge in [0.1, 0.15) is 6.04 Å². The second-order valence-corrected chi connectivity index (χ2v) is 9.26. The zero-order valence-corrected chi connectivity index (χ0v) is 22.9. The van der Waals surface area contributed by atoms with Crippen molar-refractivity contribution in [2.45, 2.75) is 38.3 Å². The van der Waals surface area contributed by atoms with Crippen molar-refractivity contribution in [3.05, 3.63) is 41.7 Å². The van der Waals surface area contributed by atoms with Crippen LogP contribution < -0.4 is 32.7 Å². The van der Waals surface area contributed by atoms with E-state index in [1.54, 1.807) is 30.5 Å². The summed E-state index contributed by atoms with van der Waals surface area (Å²) >= 11 is 0. The maximum absolute atomic E-state index is 12.7. The average Bonchev–Trinajstić information content (AvgIpc) is 2.94. The molecule has 0 aliphatic heterocycles. The minimum atomic E-state index is -1.22. The number of rotatable bonds is 16. The highest BCUT2D eigenvalue weighted by Gasteiger charge is 2.22. The van der Waals surface area contributed by atoms with E-state index in [1.807, 2.05) is 11.9 Å². The highest BCUT2D eigenvalue weighted by molar-refractivity contribution is 5.97. The molecule has 3 aromatic rings. The Kier molecular flexibility index (Phi) is 11.5. The van der Waals surface area contributed by atoms with Gasteiger partial charge in [-0.25, -0.2) is 14.8 Å². The molecule has 3 rings (SSSR count). The quantitative estimate of drug-likeness (QED) is 0.125. The molecule has 0 saturated carbocycles. The number of carbonyl (C=O) groups excluding carboxylic acids is 2. The number of carboxylic acids is 1. The normalized spacial score (nSPS) is 11.7. The summed E-state index contributed by atoms with van der Waals surface area (Å²) in [5.74, 6) is -1.92. The average molecular weight is 569 g/mol. The molecule has 0 radical (unpaired) electrons. The monoisotopic (exact) mass is 568 g/mol. The molecule has 0 fully saturated rings. The number of nitrogens with two attached hydrogens (primary N) is 3. The second kappa shape index (κ2) is 15.2. The van der Waals surface area contributed by atoms with Crippen molar-refractivity contribution in [2.24, 2.45) is 5.73 Å². The Morgan fingerprint density at radius 1 is 1.07 bits per heavy atom. The Bertz CT molecular complexity index is 1340. The first kappa shape index (κ1) is 30.9. The van der Waals surface area contributed by atoms with Crippen molar-refractivity contribution in [3.8, 4) is 0 Å². The van der Waals surface area contributed by atoms with Crippen LogP contribution >= 0.6 is 0 Å². The van der Waals surface area contributed by atoms with E-state index < -0.39 is 17.9 Å². The van der Waals surface area contributed by atoms with E-state index in [1.165, 1.54) is 0 Å². The van der Waals surface area contributed by atoms with Gasteiger partial charge in [-0.1, -0.05) is 0 Å². The molecule has 220 valence electrons. The predicted octanol–water partition coefficient (Wildman–Crippen LogP) is 0.0555. The van der Waals surface area contributed by atoms with Crippen LogP contribution in [-0.2, 0) is 20.9 Å². The van der Waals surface area contributed by atoms with Crippen LogP contribution in [0.4, 0.5) is 17.5 Å². The van der Waals surface area contributed by atoms with Gasteiger partial charge in [-0.15, -0.1) is 0 Å². The summed E-state index contributed by atoms with van der Waals surface area (Å²) in [6, 6.07) is 5.41. The Hall–Kier alpha value is -4.63. The predicted molar refractivity (Wildman–Crippen MR) is 153 cm³/mol. The van der Waals surface area contributed by atoms with Gasteiger partial charge in [0.15, 0.2) is 17.0 Å². The molecule has 1 aromatic carbocycles. The zero-order chi connectivity index (χ0) is 29.8. The third-order valence-corrected chi connectivity index (χ3v) is 6.01. The summed E-state index contributed by atoms with van der Waals surface area (Å²) in [5, 5.41) is 14.7. The Balaban J connectivity index is 1.49. The van der Waals surface area contributed by atoms with Crippen LogP contribution in [0.3, 0.4) is 0 Å². The van der Waals surface area contributed by atoms with E-state index in [9.17, 15) is 19.5 Å². The van der Waals surface area contributed by atoms with Crippen LogP contribution in [0, 0.1) is 0 Å². The third kappa shape index (κ3) is 9.51. The van der Waals surface area contributed by atoms with Gasteiger partial charge in [-0.3, -0.25) is 9.59 Å². The van der Waals surface area contributed by atoms with Crippen molar-refractivity contribution >= 4 is 46.4 Å². The molecule has 0 saturated heterocycles. The van der Waals surface area contributed by atoms with Gasteiger partial charge in [0, 0.05) is 44.5 Å². The van der Waals surface area contributed by atoms with E-state index in [-0.39, 0.29) is 36.1 Å². The van der Waals surface area contributed by atoms with Crippen LogP contribution in [0.1, 0.15) is 41.7 Å². The number of aliphatic carboxylic acids is 1. The zero-order valence-electron chi connectivity index (χ0n) is 22.9. The molecular formula is C26H36N10O5. The number of nitrogens with one attached hydrogen (secondary N) is 2. The molecule has 1 unspecified atom stereocenters. The van der Waals surface area contributed by atoms with E-state index in [2.05, 4.69) is 30.6 Å². The molecule has 2 aromatic heterocycles. The summed E-state index contributed by atoms with van der Waals surface area (Å²) < 4.78 is 5.36. The van der Waals surface area contributed by atoms with E-state index in [4.69, 9.17) is 21.9 Å². The van der Waals surface area contributed by atoms with Crippen molar-refractivity contribution in [2.75, 3.05) is 49.7 Å². The van der Waals surface area contributed by atoms with E-state index >= 15 is 0 Å². The minimum absolute atomic E-state index is 0.0187. The third-order valence-electron chi connectivity index (χ3n) is 6.01. The first-order chi connectivity index (χ1) is 19.7. The number of nitrogens with zero attached hydrogens (tertiary/aromatic N) is 5. The lowest BCUT2D eigenvalue weighted by Gasteiger charge is -2.19. The van der Waals surface area contributed by atoms with Gasteiger partial charge in [0.25, 0.3) is 5.91 Å². The number of carbonyl (C=O) groups is 3. The smallest absolute Gasteiger partial charge is 0.326 e. The Morgan fingerprint density at radius 2 is 1.80 bits per heavy atom. The van der Waals surface area contributed by atoms with E-state index in [0.29, 0.717) is 56.1 Å². The summed E-state index contributed by atoms with van der Waals surface area (Å²) in [6.45, 7) is 2.43. The van der Waals surface area contributed by atoms with Crippen molar-refractivity contribution in [1.29, 1.82) is 0 Å². The number of nitrogen functional groups attached to an aromatic ring is 2. The number of fused-ring (bicyclic) bond motifs is 1. The molecular weight excluding hydrogens is 532 g/mol. The minimum Gasteiger partial charge on any atom is -0.480 e. The van der Waals surface area contributed by atoms with Gasteiger partial charge in [0.2, 0.25) is 11.9 Å². The lowest BCUT2D eigenvalue weighted by Crippen LogP contribution is -2.41. The number of hydrogen-bond acceptors (Lipinski definition) is 12. The molecule has 0 aliphatic rings. The van der Waals surface area contributed by atoms with Gasteiger partial charge in [0.05, 0.1) is 18.4 Å². The van der Waals surface area contributed by atoms with Gasteiger partial charge >= 0.3 is 5.97 Å². The number of ether oxygens (including phenoxy) is 1. The molecule has 15 nitrogen and oxygen atoms in total. The van der Waals surface area contributed by atoms with E-state index in [0.717, 1.165) is 12.1 Å². The second-order valence-electron chi connectivity index (χ2n) is 9.26. The fraction of sp³-hybridized carbons (Fsp3) is 0.423. The molecule has 15 heteroatoms. The molecule has 2 amide bonds. The number of carboxylic acid groups (broad SMARTS) is 1. The van der Waals surface area contributed by atoms with Crippen molar-refractivity contribution < 1.29 is 24.2 Å². The van der Waals surface area contributed by atoms with Gasteiger partial charge in [-0.2, -0.15) is 9.97 Å². The SMILES string of the molecule is CN(Cc1cnc2nc(N)nc(N)c2n1)c1ccc(C(=O)NC(CCC(=O)NCCCOCCCN)C(=O)O)cc1. The Morgan fingerprint density at radius 3 is 2.51 bits per heavy atom. The van der Waals surface area contributed by atoms with Crippen LogP contribution in [0.25, 0.3) is 11.2 Å².